The van der Waals surface area contributed by atoms with Crippen LogP contribution in [0.25, 0.3) is 10.9 Å². The topological polar surface area (TPSA) is 45.2 Å². The minimum atomic E-state index is -1.68. The number of benzene rings is 1. The Labute approximate surface area is 152 Å². The zero-order valence-electron chi connectivity index (χ0n) is 16.4. The summed E-state index contributed by atoms with van der Waals surface area (Å²) in [6.45, 7) is 12.2. The molecule has 1 aromatic carbocycles. The van der Waals surface area contributed by atoms with Gasteiger partial charge in [0.15, 0.2) is 8.32 Å². The molecular formula is C21H33NO2Si. The number of aliphatic hydroxyl groups is 1. The van der Waals surface area contributed by atoms with Gasteiger partial charge in [-0.15, -0.1) is 0 Å². The molecule has 1 heterocycles. The minimum absolute atomic E-state index is 0.251. The fourth-order valence-electron chi connectivity index (χ4n) is 3.41. The number of aromatic nitrogens is 1. The molecule has 1 aliphatic carbocycles. The van der Waals surface area contributed by atoms with Crippen molar-refractivity contribution in [1.29, 1.82) is 0 Å². The Balaban J connectivity index is 1.74. The van der Waals surface area contributed by atoms with E-state index < -0.39 is 8.32 Å². The summed E-state index contributed by atoms with van der Waals surface area (Å²) < 4.78 is 6.31. The third-order valence-corrected chi connectivity index (χ3v) is 10.6. The molecule has 1 unspecified atom stereocenters. The van der Waals surface area contributed by atoms with E-state index in [4.69, 9.17) is 4.43 Å². The quantitative estimate of drug-likeness (QED) is 0.560. The number of H-pyrrole nitrogens is 1. The van der Waals surface area contributed by atoms with E-state index >= 15 is 0 Å². The van der Waals surface area contributed by atoms with Crippen molar-refractivity contribution in [2.24, 2.45) is 0 Å². The number of aryl methyl sites for hydroxylation is 1. The summed E-state index contributed by atoms with van der Waals surface area (Å²) in [5.74, 6) is 0. The van der Waals surface area contributed by atoms with Crippen LogP contribution in [0.3, 0.4) is 0 Å². The summed E-state index contributed by atoms with van der Waals surface area (Å²) in [4.78, 5) is 3.56. The molecule has 0 bridgehead atoms. The van der Waals surface area contributed by atoms with Crippen LogP contribution in [0.1, 0.15) is 63.0 Å². The maximum atomic E-state index is 10.4. The van der Waals surface area contributed by atoms with E-state index in [9.17, 15) is 5.11 Å². The molecule has 0 radical (unpaired) electrons. The van der Waals surface area contributed by atoms with Gasteiger partial charge in [-0.1, -0.05) is 27.2 Å². The molecule has 0 amide bonds. The molecule has 0 spiro atoms. The first kappa shape index (κ1) is 18.7. The van der Waals surface area contributed by atoms with Gasteiger partial charge in [0.2, 0.25) is 0 Å². The van der Waals surface area contributed by atoms with Crippen molar-refractivity contribution in [3.05, 3.63) is 35.0 Å². The third-order valence-electron chi connectivity index (χ3n) is 6.11. The van der Waals surface area contributed by atoms with Gasteiger partial charge in [-0.3, -0.25) is 0 Å². The molecule has 138 valence electrons. The third kappa shape index (κ3) is 4.02. The van der Waals surface area contributed by atoms with Gasteiger partial charge in [0.25, 0.3) is 0 Å². The Bertz CT molecular complexity index is 742. The Morgan fingerprint density at radius 1 is 1.20 bits per heavy atom. The molecule has 0 saturated heterocycles. The highest BCUT2D eigenvalue weighted by molar-refractivity contribution is 6.74. The van der Waals surface area contributed by atoms with Crippen molar-refractivity contribution < 1.29 is 9.53 Å². The van der Waals surface area contributed by atoms with Crippen LogP contribution in [-0.4, -0.2) is 25.0 Å². The average molecular weight is 360 g/mol. The van der Waals surface area contributed by atoms with Crippen LogP contribution in [0, 0.1) is 0 Å². The van der Waals surface area contributed by atoms with Crippen LogP contribution < -0.4 is 0 Å². The van der Waals surface area contributed by atoms with Gasteiger partial charge in [0, 0.05) is 29.6 Å². The Kier molecular flexibility index (Phi) is 5.15. The van der Waals surface area contributed by atoms with Gasteiger partial charge in [0.05, 0.1) is 6.10 Å². The Hall–Kier alpha value is -1.10. The van der Waals surface area contributed by atoms with Crippen molar-refractivity contribution in [2.75, 3.05) is 6.61 Å². The first-order chi connectivity index (χ1) is 11.7. The zero-order valence-corrected chi connectivity index (χ0v) is 17.4. The van der Waals surface area contributed by atoms with E-state index in [0.717, 1.165) is 37.9 Å². The summed E-state index contributed by atoms with van der Waals surface area (Å²) in [5.41, 5.74) is 4.86. The summed E-state index contributed by atoms with van der Waals surface area (Å²) in [7, 11) is -1.68. The molecule has 3 rings (SSSR count). The molecule has 0 saturated carbocycles. The lowest BCUT2D eigenvalue weighted by Crippen LogP contribution is -2.41. The smallest absolute Gasteiger partial charge is 0.191 e. The first-order valence-corrected chi connectivity index (χ1v) is 12.5. The molecule has 1 aromatic heterocycles. The summed E-state index contributed by atoms with van der Waals surface area (Å²) in [6, 6.07) is 6.66. The minimum Gasteiger partial charge on any atom is -0.416 e. The highest BCUT2D eigenvalue weighted by Crippen LogP contribution is 2.36. The largest absolute Gasteiger partial charge is 0.416 e. The average Bonchev–Trinajstić information content (AvgIpc) is 2.81. The molecule has 3 nitrogen and oxygen atoms in total. The molecule has 2 aromatic rings. The lowest BCUT2D eigenvalue weighted by atomic mass is 9.99. The van der Waals surface area contributed by atoms with Crippen LogP contribution in [0.15, 0.2) is 18.2 Å². The highest BCUT2D eigenvalue weighted by atomic mass is 28.4. The SMILES string of the molecule is CC(C)(C)[Si](C)(C)OCCc1cc2cc3c(cc2[nH]1)CCCCC3O. The summed E-state index contributed by atoms with van der Waals surface area (Å²) in [6.07, 6.45) is 4.85. The maximum absolute atomic E-state index is 10.4. The second-order valence-electron chi connectivity index (χ2n) is 9.05. The van der Waals surface area contributed by atoms with E-state index in [1.165, 1.54) is 28.6 Å². The lowest BCUT2D eigenvalue weighted by Gasteiger charge is -2.36. The van der Waals surface area contributed by atoms with Gasteiger partial charge < -0.3 is 14.5 Å². The Morgan fingerprint density at radius 3 is 2.68 bits per heavy atom. The lowest BCUT2D eigenvalue weighted by molar-refractivity contribution is 0.167. The number of rotatable bonds is 4. The standard InChI is InChI=1S/C21H33NO2Si/c1-21(2,3)25(4,5)24-11-10-17-12-16-13-18-15(14-19(16)22-17)8-6-7-9-20(18)23/h12-14,20,22-23H,6-11H2,1-5H3. The van der Waals surface area contributed by atoms with Gasteiger partial charge in [0.1, 0.15) is 0 Å². The molecule has 25 heavy (non-hydrogen) atoms. The normalized spacial score (nSPS) is 19.0. The predicted octanol–water partition coefficient (Wildman–Crippen LogP) is 5.49. The van der Waals surface area contributed by atoms with E-state index in [1.54, 1.807) is 0 Å². The van der Waals surface area contributed by atoms with Crippen molar-refractivity contribution in [1.82, 2.24) is 4.98 Å². The van der Waals surface area contributed by atoms with E-state index in [1.807, 2.05) is 0 Å². The van der Waals surface area contributed by atoms with E-state index in [-0.39, 0.29) is 11.1 Å². The number of hydrogen-bond donors (Lipinski definition) is 2. The molecular weight excluding hydrogens is 326 g/mol. The number of fused-ring (bicyclic) bond motifs is 2. The molecule has 0 fully saturated rings. The molecule has 4 heteroatoms. The number of nitrogens with one attached hydrogen (secondary N) is 1. The van der Waals surface area contributed by atoms with Crippen LogP contribution >= 0.6 is 0 Å². The van der Waals surface area contributed by atoms with Crippen LogP contribution in [-0.2, 0) is 17.3 Å². The molecule has 0 aliphatic heterocycles. The molecule has 1 aliphatic rings. The van der Waals surface area contributed by atoms with Crippen molar-refractivity contribution in [3.8, 4) is 0 Å². The fourth-order valence-corrected chi connectivity index (χ4v) is 4.45. The Morgan fingerprint density at radius 2 is 1.96 bits per heavy atom. The van der Waals surface area contributed by atoms with Gasteiger partial charge in [-0.2, -0.15) is 0 Å². The van der Waals surface area contributed by atoms with Gasteiger partial charge in [-0.05, 0) is 66.7 Å². The highest BCUT2D eigenvalue weighted by Gasteiger charge is 2.36. The van der Waals surface area contributed by atoms with E-state index in [2.05, 4.69) is 57.0 Å². The number of aromatic amines is 1. The molecule has 1 atom stereocenters. The predicted molar refractivity (Wildman–Crippen MR) is 108 cm³/mol. The number of aliphatic hydroxyl groups excluding tert-OH is 1. The van der Waals surface area contributed by atoms with E-state index in [0.29, 0.717) is 0 Å². The van der Waals surface area contributed by atoms with Crippen LogP contribution in [0.2, 0.25) is 18.1 Å². The zero-order chi connectivity index (χ0) is 18.2. The van der Waals surface area contributed by atoms with Crippen molar-refractivity contribution >= 4 is 19.2 Å². The second-order valence-corrected chi connectivity index (χ2v) is 13.9. The van der Waals surface area contributed by atoms with Crippen molar-refractivity contribution in [2.45, 2.75) is 77.1 Å². The monoisotopic (exact) mass is 359 g/mol. The van der Waals surface area contributed by atoms with Gasteiger partial charge in [-0.25, -0.2) is 0 Å². The van der Waals surface area contributed by atoms with Crippen LogP contribution in [0.5, 0.6) is 0 Å². The summed E-state index contributed by atoms with van der Waals surface area (Å²) >= 11 is 0. The fraction of sp³-hybridized carbons (Fsp3) is 0.619. The maximum Gasteiger partial charge on any atom is 0.191 e. The van der Waals surface area contributed by atoms with Crippen LogP contribution in [0.4, 0.5) is 0 Å². The second kappa shape index (κ2) is 6.90. The van der Waals surface area contributed by atoms with Crippen molar-refractivity contribution in [3.63, 3.8) is 0 Å². The number of hydrogen-bond acceptors (Lipinski definition) is 2. The molecule has 2 N–H and O–H groups in total. The first-order valence-electron chi connectivity index (χ1n) is 9.64. The van der Waals surface area contributed by atoms with Gasteiger partial charge >= 0.3 is 0 Å². The summed E-state index contributed by atoms with van der Waals surface area (Å²) in [5, 5.41) is 11.9.